The van der Waals surface area contributed by atoms with Gasteiger partial charge in [0.1, 0.15) is 11.5 Å². The molecule has 1 heterocycles. The predicted molar refractivity (Wildman–Crippen MR) is 116 cm³/mol. The monoisotopic (exact) mass is 436 g/mol. The molecule has 0 aromatic heterocycles. The smallest absolute Gasteiger partial charge is 0.224 e. The third-order valence-corrected chi connectivity index (χ3v) is 5.84. The number of hydrogen-bond acceptors (Lipinski definition) is 4. The molecule has 1 amide bonds. The highest BCUT2D eigenvalue weighted by Crippen LogP contribution is 2.29. The summed E-state index contributed by atoms with van der Waals surface area (Å²) in [7, 11) is 3.22. The topological polar surface area (TPSA) is 50.8 Å². The van der Waals surface area contributed by atoms with E-state index in [4.69, 9.17) is 32.7 Å². The number of hydrogen-bond donors (Lipinski definition) is 1. The Labute approximate surface area is 181 Å². The predicted octanol–water partition coefficient (Wildman–Crippen LogP) is 4.54. The summed E-state index contributed by atoms with van der Waals surface area (Å²) in [6.45, 7) is 2.72. The van der Waals surface area contributed by atoms with E-state index in [0.717, 1.165) is 30.5 Å². The summed E-state index contributed by atoms with van der Waals surface area (Å²) in [5.74, 6) is 1.39. The molecule has 0 spiro atoms. The van der Waals surface area contributed by atoms with Crippen molar-refractivity contribution < 1.29 is 14.3 Å². The van der Waals surface area contributed by atoms with Crippen LogP contribution in [-0.4, -0.2) is 38.1 Å². The van der Waals surface area contributed by atoms with Gasteiger partial charge in [-0.15, -0.1) is 0 Å². The standard InChI is InChI=1S/C22H26Cl2N2O3/c1-28-20-6-3-7-21(29-2)18(20)12-25-22(27)16-5-4-10-26(14-16)13-15-8-9-17(23)11-19(15)24/h3,6-9,11,16H,4-5,10,12-14H2,1-2H3,(H,25,27)/t16-/m1/s1. The summed E-state index contributed by atoms with van der Waals surface area (Å²) in [4.78, 5) is 15.1. The fourth-order valence-electron chi connectivity index (χ4n) is 3.73. The molecular formula is C22H26Cl2N2O3. The molecule has 1 fully saturated rings. The van der Waals surface area contributed by atoms with Crippen molar-refractivity contribution in [3.63, 3.8) is 0 Å². The largest absolute Gasteiger partial charge is 0.496 e. The minimum atomic E-state index is -0.0597. The van der Waals surface area contributed by atoms with Crippen LogP contribution < -0.4 is 14.8 Å². The first-order chi connectivity index (χ1) is 14.0. The zero-order valence-corrected chi connectivity index (χ0v) is 18.2. The van der Waals surface area contributed by atoms with Crippen molar-refractivity contribution in [2.24, 2.45) is 5.92 Å². The Hall–Kier alpha value is -1.95. The molecule has 1 N–H and O–H groups in total. The lowest BCUT2D eigenvalue weighted by Gasteiger charge is -2.32. The number of rotatable bonds is 7. The van der Waals surface area contributed by atoms with Gasteiger partial charge in [0.05, 0.1) is 32.2 Å². The molecular weight excluding hydrogens is 411 g/mol. The quantitative estimate of drug-likeness (QED) is 0.691. The minimum Gasteiger partial charge on any atom is -0.496 e. The van der Waals surface area contributed by atoms with E-state index in [-0.39, 0.29) is 11.8 Å². The van der Waals surface area contributed by atoms with Gasteiger partial charge in [-0.3, -0.25) is 9.69 Å². The van der Waals surface area contributed by atoms with Crippen LogP contribution in [0, 0.1) is 5.92 Å². The van der Waals surface area contributed by atoms with E-state index in [0.29, 0.717) is 41.2 Å². The van der Waals surface area contributed by atoms with Gasteiger partial charge < -0.3 is 14.8 Å². The Kier molecular flexibility index (Phi) is 7.64. The molecule has 1 atom stereocenters. The van der Waals surface area contributed by atoms with E-state index >= 15 is 0 Å². The van der Waals surface area contributed by atoms with Crippen LogP contribution >= 0.6 is 23.2 Å². The number of likely N-dealkylation sites (tertiary alicyclic amines) is 1. The number of carbonyl (C=O) groups is 1. The molecule has 0 radical (unpaired) electrons. The Morgan fingerprint density at radius 1 is 1.17 bits per heavy atom. The van der Waals surface area contributed by atoms with Gasteiger partial charge >= 0.3 is 0 Å². The van der Waals surface area contributed by atoms with Crippen LogP contribution in [0.15, 0.2) is 36.4 Å². The van der Waals surface area contributed by atoms with E-state index in [1.165, 1.54) is 0 Å². The summed E-state index contributed by atoms with van der Waals surface area (Å²) < 4.78 is 10.8. The van der Waals surface area contributed by atoms with Crippen molar-refractivity contribution in [3.05, 3.63) is 57.6 Å². The van der Waals surface area contributed by atoms with E-state index in [1.54, 1.807) is 20.3 Å². The number of ether oxygens (including phenoxy) is 2. The molecule has 3 rings (SSSR count). The van der Waals surface area contributed by atoms with E-state index in [9.17, 15) is 4.79 Å². The first-order valence-corrected chi connectivity index (χ1v) is 10.4. The van der Waals surface area contributed by atoms with Crippen molar-refractivity contribution in [1.29, 1.82) is 0 Å². The molecule has 1 aliphatic rings. The summed E-state index contributed by atoms with van der Waals surface area (Å²) in [5.41, 5.74) is 1.86. The van der Waals surface area contributed by atoms with Gasteiger partial charge in [-0.1, -0.05) is 35.3 Å². The molecule has 0 saturated carbocycles. The van der Waals surface area contributed by atoms with Gasteiger partial charge in [-0.2, -0.15) is 0 Å². The van der Waals surface area contributed by atoms with Crippen LogP contribution in [0.25, 0.3) is 0 Å². The molecule has 0 unspecified atom stereocenters. The fourth-order valence-corrected chi connectivity index (χ4v) is 4.19. The fraction of sp³-hybridized carbons (Fsp3) is 0.409. The van der Waals surface area contributed by atoms with Gasteiger partial charge in [0, 0.05) is 23.1 Å². The van der Waals surface area contributed by atoms with Gasteiger partial charge in [0.2, 0.25) is 5.91 Å². The lowest BCUT2D eigenvalue weighted by atomic mass is 9.96. The number of nitrogens with one attached hydrogen (secondary N) is 1. The van der Waals surface area contributed by atoms with Gasteiger partial charge in [-0.25, -0.2) is 0 Å². The van der Waals surface area contributed by atoms with Gasteiger partial charge in [0.15, 0.2) is 0 Å². The minimum absolute atomic E-state index is 0.0462. The maximum atomic E-state index is 12.8. The molecule has 0 aliphatic carbocycles. The lowest BCUT2D eigenvalue weighted by molar-refractivity contribution is -0.126. The van der Waals surface area contributed by atoms with Crippen LogP contribution in [0.1, 0.15) is 24.0 Å². The van der Waals surface area contributed by atoms with Gasteiger partial charge in [-0.05, 0) is 49.2 Å². The number of benzene rings is 2. The van der Waals surface area contributed by atoms with Crippen LogP contribution in [0.2, 0.25) is 10.0 Å². The second-order valence-corrected chi connectivity index (χ2v) is 8.01. The van der Waals surface area contributed by atoms with E-state index in [1.807, 2.05) is 30.3 Å². The summed E-state index contributed by atoms with van der Waals surface area (Å²) in [6.07, 6.45) is 1.85. The maximum absolute atomic E-state index is 12.8. The number of halogens is 2. The molecule has 7 heteroatoms. The van der Waals surface area contributed by atoms with E-state index in [2.05, 4.69) is 10.2 Å². The highest BCUT2D eigenvalue weighted by atomic mass is 35.5. The second-order valence-electron chi connectivity index (χ2n) is 7.17. The SMILES string of the molecule is COc1cccc(OC)c1CNC(=O)[C@@H]1CCCN(Cc2ccc(Cl)cc2Cl)C1. The van der Waals surface area contributed by atoms with Crippen molar-refractivity contribution in [1.82, 2.24) is 10.2 Å². The normalized spacial score (nSPS) is 17.0. The third kappa shape index (κ3) is 5.56. The van der Waals surface area contributed by atoms with Crippen molar-refractivity contribution in [2.75, 3.05) is 27.3 Å². The zero-order chi connectivity index (χ0) is 20.8. The first kappa shape index (κ1) is 21.8. The Bertz CT molecular complexity index is 838. The lowest BCUT2D eigenvalue weighted by Crippen LogP contribution is -2.42. The Morgan fingerprint density at radius 3 is 2.55 bits per heavy atom. The number of methoxy groups -OCH3 is 2. The second kappa shape index (κ2) is 10.2. The summed E-state index contributed by atoms with van der Waals surface area (Å²) in [6, 6.07) is 11.1. The average molecular weight is 437 g/mol. The van der Waals surface area contributed by atoms with Crippen molar-refractivity contribution >= 4 is 29.1 Å². The number of piperidine rings is 1. The Balaban J connectivity index is 1.60. The van der Waals surface area contributed by atoms with Gasteiger partial charge in [0.25, 0.3) is 0 Å². The molecule has 29 heavy (non-hydrogen) atoms. The van der Waals surface area contributed by atoms with Crippen LogP contribution in [0.3, 0.4) is 0 Å². The molecule has 0 bridgehead atoms. The number of carbonyl (C=O) groups excluding carboxylic acids is 1. The maximum Gasteiger partial charge on any atom is 0.224 e. The first-order valence-electron chi connectivity index (χ1n) is 9.65. The summed E-state index contributed by atoms with van der Waals surface area (Å²) >= 11 is 12.3. The summed E-state index contributed by atoms with van der Waals surface area (Å²) in [5, 5.41) is 4.34. The third-order valence-electron chi connectivity index (χ3n) is 5.25. The molecule has 2 aromatic carbocycles. The van der Waals surface area contributed by atoms with Crippen LogP contribution in [-0.2, 0) is 17.9 Å². The molecule has 1 saturated heterocycles. The zero-order valence-electron chi connectivity index (χ0n) is 16.7. The number of nitrogens with zero attached hydrogens (tertiary/aromatic N) is 1. The van der Waals surface area contributed by atoms with Crippen LogP contribution in [0.5, 0.6) is 11.5 Å². The molecule has 5 nitrogen and oxygen atoms in total. The highest BCUT2D eigenvalue weighted by molar-refractivity contribution is 6.35. The van der Waals surface area contributed by atoms with Crippen molar-refractivity contribution in [2.45, 2.75) is 25.9 Å². The molecule has 156 valence electrons. The molecule has 2 aromatic rings. The average Bonchev–Trinajstić information content (AvgIpc) is 2.73. The van der Waals surface area contributed by atoms with E-state index < -0.39 is 0 Å². The van der Waals surface area contributed by atoms with Crippen molar-refractivity contribution in [3.8, 4) is 11.5 Å². The Morgan fingerprint density at radius 2 is 1.90 bits per heavy atom. The van der Waals surface area contributed by atoms with Crippen LogP contribution in [0.4, 0.5) is 0 Å². The number of amides is 1. The highest BCUT2D eigenvalue weighted by Gasteiger charge is 2.26. The molecule has 1 aliphatic heterocycles.